The molecule has 3 atom stereocenters. The Balaban J connectivity index is 1.26. The van der Waals surface area contributed by atoms with E-state index in [0.717, 1.165) is 40.7 Å². The molecule has 1 aromatic heterocycles. The summed E-state index contributed by atoms with van der Waals surface area (Å²) in [6.45, 7) is 4.80. The van der Waals surface area contributed by atoms with Gasteiger partial charge in [0, 0.05) is 72.4 Å². The smallest absolute Gasteiger partial charge is 0.318 e. The number of aromatic amines is 1. The summed E-state index contributed by atoms with van der Waals surface area (Å²) in [7, 11) is 2.03. The van der Waals surface area contributed by atoms with Crippen molar-refractivity contribution in [1.29, 1.82) is 0 Å². The molecule has 4 N–H and O–H groups in total. The number of carbonyl (C=O) groups excluding carboxylic acids is 3. The number of H-pyrrole nitrogens is 1. The van der Waals surface area contributed by atoms with Gasteiger partial charge in [-0.2, -0.15) is 0 Å². The zero-order chi connectivity index (χ0) is 32.4. The van der Waals surface area contributed by atoms with Crippen LogP contribution in [0, 0.1) is 5.92 Å². The third kappa shape index (κ3) is 6.45. The predicted octanol–water partition coefficient (Wildman–Crippen LogP) is 4.51. The quantitative estimate of drug-likeness (QED) is 0.271. The number of rotatable bonds is 7. The van der Waals surface area contributed by atoms with Gasteiger partial charge in [-0.15, -0.1) is 0 Å². The van der Waals surface area contributed by atoms with E-state index in [4.69, 9.17) is 23.2 Å². The van der Waals surface area contributed by atoms with Gasteiger partial charge in [0.1, 0.15) is 6.04 Å². The van der Waals surface area contributed by atoms with Gasteiger partial charge in [0.2, 0.25) is 5.91 Å². The molecule has 3 aromatic carbocycles. The third-order valence-electron chi connectivity index (χ3n) is 9.23. The van der Waals surface area contributed by atoms with Gasteiger partial charge in [0.05, 0.1) is 24.2 Å². The molecular formula is C35H39Cl2N6O3+. The van der Waals surface area contributed by atoms with E-state index < -0.39 is 6.04 Å². The maximum Gasteiger partial charge on any atom is 0.318 e. The van der Waals surface area contributed by atoms with E-state index in [1.54, 1.807) is 34.1 Å². The van der Waals surface area contributed by atoms with Gasteiger partial charge in [-0.05, 0) is 53.9 Å². The normalized spacial score (nSPS) is 17.8. The van der Waals surface area contributed by atoms with Gasteiger partial charge in [-0.1, -0.05) is 60.5 Å². The lowest BCUT2D eigenvalue weighted by Gasteiger charge is -2.39. The monoisotopic (exact) mass is 661 g/mol. The third-order valence-corrected chi connectivity index (χ3v) is 9.80. The molecule has 0 saturated carbocycles. The number of carbonyl (C=O) groups is 3. The Bertz CT molecular complexity index is 1750. The second-order valence-electron chi connectivity index (χ2n) is 12.2. The summed E-state index contributed by atoms with van der Waals surface area (Å²) >= 11 is 12.7. The molecule has 4 amide bonds. The molecule has 4 aromatic rings. The minimum atomic E-state index is -0.845. The summed E-state index contributed by atoms with van der Waals surface area (Å²) in [6.07, 6.45) is 2.76. The maximum absolute atomic E-state index is 14.7. The van der Waals surface area contributed by atoms with Crippen LogP contribution in [-0.4, -0.2) is 85.0 Å². The largest absolute Gasteiger partial charge is 0.361 e. The molecule has 3 heterocycles. The second-order valence-corrected chi connectivity index (χ2v) is 13.0. The van der Waals surface area contributed by atoms with Crippen LogP contribution in [0.25, 0.3) is 10.9 Å². The van der Waals surface area contributed by atoms with Crippen molar-refractivity contribution in [3.8, 4) is 0 Å². The zero-order valence-corrected chi connectivity index (χ0v) is 27.5. The Labute approximate surface area is 278 Å². The number of piperazine rings is 1. The molecule has 46 heavy (non-hydrogen) atoms. The van der Waals surface area contributed by atoms with Crippen molar-refractivity contribution in [3.63, 3.8) is 0 Å². The average molecular weight is 663 g/mol. The first-order chi connectivity index (χ1) is 22.2. The van der Waals surface area contributed by atoms with E-state index in [2.05, 4.69) is 15.6 Å². The van der Waals surface area contributed by atoms with Crippen LogP contribution in [0.15, 0.2) is 72.9 Å². The van der Waals surface area contributed by atoms with E-state index in [9.17, 15) is 14.4 Å². The first kappa shape index (κ1) is 31.9. The van der Waals surface area contributed by atoms with Gasteiger partial charge in [-0.25, -0.2) is 4.79 Å². The molecule has 11 heteroatoms. The topological polar surface area (TPSA) is 105 Å². The summed E-state index contributed by atoms with van der Waals surface area (Å²) in [5.74, 6) is -0.426. The average Bonchev–Trinajstić information content (AvgIpc) is 3.50. The second kappa shape index (κ2) is 13.7. The molecule has 0 radical (unpaired) electrons. The Morgan fingerprint density at radius 2 is 1.70 bits per heavy atom. The van der Waals surface area contributed by atoms with Gasteiger partial charge >= 0.3 is 6.03 Å². The highest BCUT2D eigenvalue weighted by Gasteiger charge is 2.38. The number of anilines is 1. The van der Waals surface area contributed by atoms with Crippen LogP contribution in [-0.2, 0) is 11.2 Å². The first-order valence-electron chi connectivity index (χ1n) is 15.8. The number of fused-ring (bicyclic) bond motifs is 2. The number of hydrogen-bond donors (Lipinski definition) is 3. The first-order valence-corrected chi connectivity index (χ1v) is 16.5. The Hall–Kier alpha value is -4.05. The van der Waals surface area contributed by atoms with Crippen LogP contribution in [0.4, 0.5) is 10.5 Å². The number of quaternary nitrogens is 1. The van der Waals surface area contributed by atoms with Crippen LogP contribution in [0.3, 0.4) is 0 Å². The summed E-state index contributed by atoms with van der Waals surface area (Å²) in [6, 6.07) is 19.4. The maximum atomic E-state index is 14.7. The minimum Gasteiger partial charge on any atom is -0.361 e. The van der Waals surface area contributed by atoms with E-state index in [-0.39, 0.29) is 29.7 Å². The fraction of sp³-hybridized carbons (Fsp3) is 0.343. The van der Waals surface area contributed by atoms with Crippen molar-refractivity contribution >= 4 is 57.6 Å². The van der Waals surface area contributed by atoms with Crippen molar-refractivity contribution in [2.24, 2.45) is 5.92 Å². The van der Waals surface area contributed by atoms with Crippen molar-refractivity contribution < 1.29 is 19.7 Å². The summed E-state index contributed by atoms with van der Waals surface area (Å²) in [4.78, 5) is 50.2. The highest BCUT2D eigenvalue weighted by molar-refractivity contribution is 6.33. The van der Waals surface area contributed by atoms with Crippen molar-refractivity contribution in [1.82, 2.24) is 20.1 Å². The summed E-state index contributed by atoms with van der Waals surface area (Å²) in [5, 5.41) is 7.32. The highest BCUT2D eigenvalue weighted by Crippen LogP contribution is 2.35. The Morgan fingerprint density at radius 3 is 2.46 bits per heavy atom. The predicted molar refractivity (Wildman–Crippen MR) is 182 cm³/mol. The molecule has 0 bridgehead atoms. The molecule has 240 valence electrons. The van der Waals surface area contributed by atoms with E-state index in [1.807, 2.05) is 67.5 Å². The lowest BCUT2D eigenvalue weighted by molar-refractivity contribution is -0.632. The van der Waals surface area contributed by atoms with Crippen LogP contribution in [0.5, 0.6) is 0 Å². The highest BCUT2D eigenvalue weighted by atomic mass is 35.5. The van der Waals surface area contributed by atoms with Gasteiger partial charge < -0.3 is 30.3 Å². The van der Waals surface area contributed by atoms with Crippen molar-refractivity contribution in [2.75, 3.05) is 51.2 Å². The minimum absolute atomic E-state index is 0.158. The van der Waals surface area contributed by atoms with Crippen LogP contribution in [0.1, 0.15) is 34.3 Å². The number of nitrogens with two attached hydrogens (primary N) is 1. The molecule has 2 aliphatic rings. The molecular weight excluding hydrogens is 623 g/mol. The number of benzene rings is 3. The lowest BCUT2D eigenvalue weighted by Crippen LogP contribution is -2.82. The van der Waals surface area contributed by atoms with E-state index >= 15 is 0 Å². The number of halogens is 2. The lowest BCUT2D eigenvalue weighted by atomic mass is 9.88. The van der Waals surface area contributed by atoms with E-state index in [0.29, 0.717) is 48.3 Å². The summed E-state index contributed by atoms with van der Waals surface area (Å²) < 4.78 is 0. The van der Waals surface area contributed by atoms with Crippen LogP contribution in [0.2, 0.25) is 10.0 Å². The number of urea groups is 1. The number of nitrogens with zero attached hydrogens (tertiary/aromatic N) is 3. The Morgan fingerprint density at radius 1 is 0.978 bits per heavy atom. The molecule has 0 aliphatic carbocycles. The number of amides is 4. The van der Waals surface area contributed by atoms with Crippen molar-refractivity contribution in [2.45, 2.75) is 25.3 Å². The SMILES string of the molecule is C[NH2+]C[C@H]1Cc2cc(Cl)ccc2N(C(=O)[C@H](NC(=O)N2CCN(C(=O)c3ccccc3Cl)CC2)[C@@H](C)c2c[nH]c3ccccc23)C1. The summed E-state index contributed by atoms with van der Waals surface area (Å²) in [5.41, 5.74) is 4.23. The van der Waals surface area contributed by atoms with Gasteiger partial charge in [0.15, 0.2) is 0 Å². The molecule has 1 fully saturated rings. The zero-order valence-electron chi connectivity index (χ0n) is 26.0. The molecule has 0 spiro atoms. The standard InChI is InChI=1S/C35H38Cl2N6O3/c1-22(28-20-39-30-10-6-4-7-26(28)30)32(34(45)43-21-23(19-38-2)17-24-18-25(36)11-12-31(24)43)40-35(46)42-15-13-41(14-16-42)33(44)27-8-3-5-9-29(27)37/h3-12,18,20,22-23,32,38-39H,13-17,19,21H2,1-2H3,(H,40,46)/p+1/t22-,23+,32+/m0/s1. The van der Waals surface area contributed by atoms with E-state index in [1.165, 1.54) is 0 Å². The van der Waals surface area contributed by atoms with Gasteiger partial charge in [0.25, 0.3) is 5.91 Å². The molecule has 6 rings (SSSR count). The molecule has 0 unspecified atom stereocenters. The number of aromatic nitrogens is 1. The number of nitrogens with one attached hydrogen (secondary N) is 2. The fourth-order valence-corrected chi connectivity index (χ4v) is 7.18. The molecule has 9 nitrogen and oxygen atoms in total. The van der Waals surface area contributed by atoms with Crippen LogP contribution < -0.4 is 15.5 Å². The molecule has 2 aliphatic heterocycles. The number of hydrogen-bond acceptors (Lipinski definition) is 3. The number of para-hydroxylation sites is 1. The van der Waals surface area contributed by atoms with Crippen LogP contribution >= 0.6 is 23.2 Å². The Kier molecular flexibility index (Phi) is 9.54. The van der Waals surface area contributed by atoms with Crippen molar-refractivity contribution in [3.05, 3.63) is 99.7 Å². The van der Waals surface area contributed by atoms with Gasteiger partial charge in [-0.3, -0.25) is 9.59 Å². The fourth-order valence-electron chi connectivity index (χ4n) is 6.77. The molecule has 1 saturated heterocycles.